The van der Waals surface area contributed by atoms with Gasteiger partial charge in [0.05, 0.1) is 6.61 Å². The number of rotatable bonds is 4. The Balaban J connectivity index is 0.000000322. The lowest BCUT2D eigenvalue weighted by atomic mass is 10.2. The molecule has 0 saturated heterocycles. The van der Waals surface area contributed by atoms with Gasteiger partial charge >= 0.3 is 12.1 Å². The molecular weight excluding hydrogens is 313 g/mol. The molecule has 0 aliphatic rings. The molecule has 2 aromatic carbocycles. The third-order valence-electron chi connectivity index (χ3n) is 2.60. The molecule has 124 valence electrons. The Hall–Kier alpha value is -2.54. The van der Waals surface area contributed by atoms with Crippen molar-refractivity contribution in [1.29, 1.82) is 0 Å². The number of aliphatic carboxylic acids is 1. The molecule has 0 saturated carbocycles. The minimum absolute atomic E-state index is 0.0684. The maximum absolute atomic E-state index is 10.6. The minimum atomic E-state index is -5.08. The maximum atomic E-state index is 10.6. The van der Waals surface area contributed by atoms with Gasteiger partial charge in [-0.05, 0) is 23.3 Å². The third-order valence-corrected chi connectivity index (χ3v) is 2.60. The average Bonchev–Trinajstić information content (AvgIpc) is 2.54. The Kier molecular flexibility index (Phi) is 7.08. The molecule has 0 heterocycles. The second-order valence-corrected chi connectivity index (χ2v) is 4.38. The van der Waals surface area contributed by atoms with Gasteiger partial charge in [0.25, 0.3) is 0 Å². The van der Waals surface area contributed by atoms with Gasteiger partial charge in [0, 0.05) is 0 Å². The predicted octanol–water partition coefficient (Wildman–Crippen LogP) is 3.39. The molecule has 0 aliphatic heterocycles. The van der Waals surface area contributed by atoms with Crippen molar-refractivity contribution in [3.63, 3.8) is 0 Å². The molecule has 0 radical (unpaired) electrons. The zero-order valence-corrected chi connectivity index (χ0v) is 12.0. The Bertz CT molecular complexity index is 595. The second kappa shape index (κ2) is 8.79. The standard InChI is InChI=1S/C14H14O2.C2HF3O2/c15-10-12-6-8-14(9-7-12)16-11-13-4-2-1-3-5-13;3-2(4,5)1(6)7/h1-9,15H,10-11H2;(H,6,7). The molecule has 0 aromatic heterocycles. The zero-order chi connectivity index (χ0) is 17.3. The molecule has 0 unspecified atom stereocenters. The van der Waals surface area contributed by atoms with Crippen LogP contribution in [0.2, 0.25) is 0 Å². The fourth-order valence-corrected chi connectivity index (χ4v) is 1.43. The smallest absolute Gasteiger partial charge is 0.489 e. The summed E-state index contributed by atoms with van der Waals surface area (Å²) in [7, 11) is 0. The lowest BCUT2D eigenvalue weighted by Gasteiger charge is -2.06. The van der Waals surface area contributed by atoms with E-state index in [0.717, 1.165) is 16.9 Å². The van der Waals surface area contributed by atoms with Crippen molar-refractivity contribution in [2.24, 2.45) is 0 Å². The van der Waals surface area contributed by atoms with E-state index in [0.29, 0.717) is 6.61 Å². The van der Waals surface area contributed by atoms with E-state index in [-0.39, 0.29) is 6.61 Å². The van der Waals surface area contributed by atoms with E-state index in [9.17, 15) is 13.2 Å². The SMILES string of the molecule is O=C(O)C(F)(F)F.OCc1ccc(OCc2ccccc2)cc1. The number of alkyl halides is 3. The van der Waals surface area contributed by atoms with E-state index in [1.54, 1.807) is 0 Å². The fourth-order valence-electron chi connectivity index (χ4n) is 1.43. The van der Waals surface area contributed by atoms with Crippen LogP contribution in [0, 0.1) is 0 Å². The monoisotopic (exact) mass is 328 g/mol. The molecule has 0 bridgehead atoms. The van der Waals surface area contributed by atoms with Gasteiger partial charge in [0.15, 0.2) is 0 Å². The maximum Gasteiger partial charge on any atom is 0.490 e. The van der Waals surface area contributed by atoms with Crippen LogP contribution < -0.4 is 4.74 Å². The molecular formula is C16H15F3O4. The Labute approximate surface area is 130 Å². The Morgan fingerprint density at radius 1 is 0.957 bits per heavy atom. The molecule has 2 rings (SSSR count). The molecule has 0 aliphatic carbocycles. The van der Waals surface area contributed by atoms with Gasteiger partial charge in [-0.3, -0.25) is 0 Å². The van der Waals surface area contributed by atoms with E-state index < -0.39 is 12.1 Å². The molecule has 0 atom stereocenters. The van der Waals surface area contributed by atoms with Crippen LogP contribution in [-0.4, -0.2) is 22.4 Å². The summed E-state index contributed by atoms with van der Waals surface area (Å²) in [5.74, 6) is -1.94. The highest BCUT2D eigenvalue weighted by Crippen LogP contribution is 2.14. The van der Waals surface area contributed by atoms with Crippen LogP contribution in [0.1, 0.15) is 11.1 Å². The number of ether oxygens (including phenoxy) is 1. The highest BCUT2D eigenvalue weighted by atomic mass is 19.4. The number of carboxylic acids is 1. The van der Waals surface area contributed by atoms with Crippen LogP contribution in [0.5, 0.6) is 5.75 Å². The number of benzene rings is 2. The predicted molar refractivity (Wildman–Crippen MR) is 76.8 cm³/mol. The van der Waals surface area contributed by atoms with Crippen molar-refractivity contribution in [2.45, 2.75) is 19.4 Å². The first kappa shape index (κ1) is 18.5. The lowest BCUT2D eigenvalue weighted by molar-refractivity contribution is -0.192. The summed E-state index contributed by atoms with van der Waals surface area (Å²) >= 11 is 0. The summed E-state index contributed by atoms with van der Waals surface area (Å²) in [5, 5.41) is 16.0. The summed E-state index contributed by atoms with van der Waals surface area (Å²) in [6.07, 6.45) is -5.08. The number of hydrogen-bond donors (Lipinski definition) is 2. The first-order valence-corrected chi connectivity index (χ1v) is 6.49. The van der Waals surface area contributed by atoms with Crippen molar-refractivity contribution < 1.29 is 32.9 Å². The highest BCUT2D eigenvalue weighted by molar-refractivity contribution is 5.73. The summed E-state index contributed by atoms with van der Waals surface area (Å²) in [6.45, 7) is 0.637. The number of aliphatic hydroxyl groups excluding tert-OH is 1. The molecule has 2 N–H and O–H groups in total. The summed E-state index contributed by atoms with van der Waals surface area (Å²) in [4.78, 5) is 8.90. The molecule has 0 fully saturated rings. The molecule has 23 heavy (non-hydrogen) atoms. The number of hydrogen-bond acceptors (Lipinski definition) is 3. The van der Waals surface area contributed by atoms with Crippen LogP contribution in [0.15, 0.2) is 54.6 Å². The quantitative estimate of drug-likeness (QED) is 0.903. The van der Waals surface area contributed by atoms with Crippen molar-refractivity contribution in [1.82, 2.24) is 0 Å². The van der Waals surface area contributed by atoms with Gasteiger partial charge in [-0.1, -0.05) is 42.5 Å². The van der Waals surface area contributed by atoms with Gasteiger partial charge in [0.1, 0.15) is 12.4 Å². The minimum Gasteiger partial charge on any atom is -0.489 e. The normalized spacial score (nSPS) is 10.4. The van der Waals surface area contributed by atoms with Gasteiger partial charge in [-0.25, -0.2) is 4.79 Å². The number of halogens is 3. The highest BCUT2D eigenvalue weighted by Gasteiger charge is 2.38. The first-order chi connectivity index (χ1) is 10.8. The van der Waals surface area contributed by atoms with E-state index >= 15 is 0 Å². The number of carboxylic acid groups (broad SMARTS) is 1. The van der Waals surface area contributed by atoms with E-state index in [2.05, 4.69) is 0 Å². The molecule has 2 aromatic rings. The summed E-state index contributed by atoms with van der Waals surface area (Å²) < 4.78 is 37.3. The van der Waals surface area contributed by atoms with Gasteiger partial charge in [0.2, 0.25) is 0 Å². The van der Waals surface area contributed by atoms with Crippen molar-refractivity contribution in [3.8, 4) is 5.75 Å². The van der Waals surface area contributed by atoms with Crippen molar-refractivity contribution >= 4 is 5.97 Å². The van der Waals surface area contributed by atoms with E-state index in [1.807, 2.05) is 54.6 Å². The topological polar surface area (TPSA) is 66.8 Å². The second-order valence-electron chi connectivity index (χ2n) is 4.38. The summed E-state index contributed by atoms with van der Waals surface area (Å²) in [6, 6.07) is 17.5. The summed E-state index contributed by atoms with van der Waals surface area (Å²) in [5.41, 5.74) is 2.04. The third kappa shape index (κ3) is 7.32. The lowest BCUT2D eigenvalue weighted by Crippen LogP contribution is -2.21. The Morgan fingerprint density at radius 2 is 1.48 bits per heavy atom. The van der Waals surface area contributed by atoms with Crippen LogP contribution in [0.4, 0.5) is 13.2 Å². The number of carbonyl (C=O) groups is 1. The van der Waals surface area contributed by atoms with Gasteiger partial charge < -0.3 is 14.9 Å². The van der Waals surface area contributed by atoms with Gasteiger partial charge in [-0.2, -0.15) is 13.2 Å². The molecule has 0 spiro atoms. The van der Waals surface area contributed by atoms with Crippen molar-refractivity contribution in [3.05, 3.63) is 65.7 Å². The molecule has 0 amide bonds. The van der Waals surface area contributed by atoms with Crippen LogP contribution in [0.25, 0.3) is 0 Å². The zero-order valence-electron chi connectivity index (χ0n) is 12.0. The number of aliphatic hydroxyl groups is 1. The van der Waals surface area contributed by atoms with Crippen molar-refractivity contribution in [2.75, 3.05) is 0 Å². The van der Waals surface area contributed by atoms with E-state index in [1.165, 1.54) is 0 Å². The van der Waals surface area contributed by atoms with Crippen LogP contribution >= 0.6 is 0 Å². The fraction of sp³-hybridized carbons (Fsp3) is 0.188. The van der Waals surface area contributed by atoms with Crippen LogP contribution in [-0.2, 0) is 18.0 Å². The molecule has 4 nitrogen and oxygen atoms in total. The largest absolute Gasteiger partial charge is 0.490 e. The van der Waals surface area contributed by atoms with Crippen LogP contribution in [0.3, 0.4) is 0 Å². The average molecular weight is 328 g/mol. The van der Waals surface area contributed by atoms with E-state index in [4.69, 9.17) is 19.7 Å². The first-order valence-electron chi connectivity index (χ1n) is 6.49. The van der Waals surface area contributed by atoms with Gasteiger partial charge in [-0.15, -0.1) is 0 Å². The Morgan fingerprint density at radius 3 is 1.91 bits per heavy atom. The molecule has 7 heteroatoms.